The van der Waals surface area contributed by atoms with E-state index in [0.717, 1.165) is 16.5 Å². The Morgan fingerprint density at radius 3 is 2.17 bits per heavy atom. The number of anilines is 1. The molecular formula is C20H17BN3O4S. The average Bonchev–Trinajstić information content (AvgIpc) is 3.27. The van der Waals surface area contributed by atoms with Crippen molar-refractivity contribution in [2.45, 2.75) is 13.8 Å². The van der Waals surface area contributed by atoms with E-state index in [1.165, 1.54) is 6.92 Å². The number of ketones is 3. The summed E-state index contributed by atoms with van der Waals surface area (Å²) in [4.78, 5) is 47.8. The van der Waals surface area contributed by atoms with Gasteiger partial charge in [0, 0.05) is 28.2 Å². The van der Waals surface area contributed by atoms with Crippen LogP contribution in [0.2, 0.25) is 0 Å². The molecule has 0 spiro atoms. The number of hydrogen-bond acceptors (Lipinski definition) is 6. The maximum atomic E-state index is 11.4. The number of Topliss-reactive ketones (excluding diaryl/α,β-unsaturated/α-hetero) is 3. The zero-order valence-electron chi connectivity index (χ0n) is 15.7. The van der Waals surface area contributed by atoms with Gasteiger partial charge in [-0.15, -0.1) is 0 Å². The molecule has 0 unspecified atom stereocenters. The van der Waals surface area contributed by atoms with Crippen LogP contribution in [0.1, 0.15) is 44.9 Å². The molecule has 1 radical (unpaired) electrons. The molecule has 1 aromatic heterocycles. The minimum atomic E-state index is -0.673. The van der Waals surface area contributed by atoms with Crippen molar-refractivity contribution in [3.05, 3.63) is 65.4 Å². The summed E-state index contributed by atoms with van der Waals surface area (Å²) in [6.07, 6.45) is 1.84. The fourth-order valence-corrected chi connectivity index (χ4v) is 2.88. The van der Waals surface area contributed by atoms with E-state index in [-0.39, 0.29) is 17.1 Å². The van der Waals surface area contributed by atoms with Gasteiger partial charge in [0.2, 0.25) is 0 Å². The van der Waals surface area contributed by atoms with Gasteiger partial charge < -0.3 is 10.3 Å². The van der Waals surface area contributed by atoms with Crippen molar-refractivity contribution < 1.29 is 19.2 Å². The first-order valence-electron chi connectivity index (χ1n) is 8.42. The van der Waals surface area contributed by atoms with Crippen molar-refractivity contribution in [2.75, 3.05) is 5.32 Å². The molecule has 1 aliphatic rings. The van der Waals surface area contributed by atoms with Gasteiger partial charge in [-0.25, -0.2) is 0 Å². The molecule has 0 atom stereocenters. The monoisotopic (exact) mass is 406 g/mol. The summed E-state index contributed by atoms with van der Waals surface area (Å²) in [6.45, 7) is 2.95. The van der Waals surface area contributed by atoms with Crippen molar-refractivity contribution in [3.8, 4) is 0 Å². The Labute approximate surface area is 173 Å². The minimum absolute atomic E-state index is 0.111. The fourth-order valence-electron chi connectivity index (χ4n) is 2.88. The van der Waals surface area contributed by atoms with Gasteiger partial charge >= 0.3 is 24.8 Å². The van der Waals surface area contributed by atoms with Crippen LogP contribution in [0.5, 0.6) is 0 Å². The first-order valence-corrected chi connectivity index (χ1v) is 8.82. The number of fused-ring (bicyclic) bond motifs is 2. The van der Waals surface area contributed by atoms with Gasteiger partial charge in [-0.3, -0.25) is 19.2 Å². The summed E-state index contributed by atoms with van der Waals surface area (Å²) in [6, 6.07) is 12.4. The molecule has 2 heterocycles. The van der Waals surface area contributed by atoms with Crippen molar-refractivity contribution >= 4 is 60.3 Å². The third-order valence-corrected chi connectivity index (χ3v) is 4.10. The van der Waals surface area contributed by atoms with Crippen LogP contribution in [-0.2, 0) is 4.79 Å². The molecule has 7 nitrogen and oxygen atoms in total. The topological polar surface area (TPSA) is 108 Å². The maximum absolute atomic E-state index is 11.4. The van der Waals surface area contributed by atoms with Crippen LogP contribution in [0.15, 0.2) is 53.0 Å². The Morgan fingerprint density at radius 2 is 1.55 bits per heavy atom. The molecule has 9 heteroatoms. The Balaban J connectivity index is 0.000000184. The first kappa shape index (κ1) is 22.0. The number of aromatic nitrogens is 1. The van der Waals surface area contributed by atoms with Crippen molar-refractivity contribution in [1.82, 2.24) is 4.98 Å². The number of aromatic amines is 1. The quantitative estimate of drug-likeness (QED) is 0.262. The number of thiol groups is 1. The van der Waals surface area contributed by atoms with Gasteiger partial charge in [-0.1, -0.05) is 24.3 Å². The normalized spacial score (nSPS) is 11.4. The number of benzene rings is 2. The number of amides is 1. The van der Waals surface area contributed by atoms with Crippen molar-refractivity contribution in [2.24, 2.45) is 4.30 Å². The standard InChI is InChI=1S/C10H7NO3.C10H9NO.BHNS/c1-5(12)6-3-2-4-7-8(6)9(13)10(14)11-7;1-7(12)8-3-2-4-10-9(8)5-6-11-10;1-2-3/h2-4H,1H3,(H,11,13,14);2-6,11H,1H3;3H. The second-order valence-corrected chi connectivity index (χ2v) is 6.21. The van der Waals surface area contributed by atoms with E-state index in [0.29, 0.717) is 11.3 Å². The second-order valence-electron chi connectivity index (χ2n) is 5.98. The number of nitrogens with zero attached hydrogens (tertiary/aromatic N) is 1. The van der Waals surface area contributed by atoms with E-state index in [1.54, 1.807) is 25.1 Å². The summed E-state index contributed by atoms with van der Waals surface area (Å²) in [5.41, 5.74) is 2.72. The summed E-state index contributed by atoms with van der Waals surface area (Å²) in [5.74, 6) is -1.41. The predicted octanol–water partition coefficient (Wildman–Crippen LogP) is 3.58. The van der Waals surface area contributed by atoms with Gasteiger partial charge in [0.05, 0.1) is 11.3 Å². The van der Waals surface area contributed by atoms with Crippen LogP contribution >= 0.6 is 12.8 Å². The molecule has 4 rings (SSSR count). The molecule has 0 bridgehead atoms. The number of H-pyrrole nitrogens is 1. The third kappa shape index (κ3) is 4.94. The van der Waals surface area contributed by atoms with Crippen molar-refractivity contribution in [1.29, 1.82) is 0 Å². The first-order chi connectivity index (χ1) is 13.8. The van der Waals surface area contributed by atoms with Gasteiger partial charge in [0.15, 0.2) is 11.6 Å². The molecule has 2 aromatic carbocycles. The molecular weight excluding hydrogens is 389 g/mol. The molecule has 0 saturated carbocycles. The van der Waals surface area contributed by atoms with Crippen LogP contribution in [0.4, 0.5) is 5.69 Å². The molecule has 0 aliphatic carbocycles. The van der Waals surface area contributed by atoms with E-state index in [9.17, 15) is 19.2 Å². The molecule has 1 aliphatic heterocycles. The summed E-state index contributed by atoms with van der Waals surface area (Å²) in [5, 5.41) is 3.41. The number of carbonyl (C=O) groups is 4. The van der Waals surface area contributed by atoms with Gasteiger partial charge in [0.25, 0.3) is 11.7 Å². The summed E-state index contributed by atoms with van der Waals surface area (Å²) in [7, 11) is 4.34. The predicted molar refractivity (Wildman–Crippen MR) is 115 cm³/mol. The van der Waals surface area contributed by atoms with Crippen LogP contribution in [-0.4, -0.2) is 35.9 Å². The van der Waals surface area contributed by atoms with Crippen LogP contribution in [0.3, 0.4) is 0 Å². The zero-order chi connectivity index (χ0) is 21.6. The Bertz CT molecular complexity index is 1120. The van der Waals surface area contributed by atoms with E-state index >= 15 is 0 Å². The van der Waals surface area contributed by atoms with E-state index < -0.39 is 11.7 Å². The Kier molecular flexibility index (Phi) is 7.38. The second kappa shape index (κ2) is 9.74. The van der Waals surface area contributed by atoms with E-state index in [4.69, 9.17) is 0 Å². The van der Waals surface area contributed by atoms with Crippen molar-refractivity contribution in [3.63, 3.8) is 0 Å². The van der Waals surface area contributed by atoms with Crippen LogP contribution in [0, 0.1) is 0 Å². The molecule has 0 fully saturated rings. The van der Waals surface area contributed by atoms with Crippen LogP contribution < -0.4 is 5.32 Å². The molecule has 2 N–H and O–H groups in total. The number of carbonyl (C=O) groups excluding carboxylic acids is 4. The SMILES string of the molecule is CC(=O)c1cccc2[nH]ccc12.CC(=O)c1cccc2c1C(=O)C(=O)N2.[B]=NS. The third-order valence-electron chi connectivity index (χ3n) is 4.10. The Morgan fingerprint density at radius 1 is 0.966 bits per heavy atom. The van der Waals surface area contributed by atoms with Gasteiger partial charge in [-0.2, -0.15) is 0 Å². The number of nitrogens with one attached hydrogen (secondary N) is 2. The molecule has 29 heavy (non-hydrogen) atoms. The summed E-state index contributed by atoms with van der Waals surface area (Å²) >= 11 is 3.19. The molecule has 1 amide bonds. The van der Waals surface area contributed by atoms with Gasteiger partial charge in [0.1, 0.15) is 0 Å². The van der Waals surface area contributed by atoms with Gasteiger partial charge in [-0.05, 0) is 32.0 Å². The average molecular weight is 406 g/mol. The fraction of sp³-hybridized carbons (Fsp3) is 0.100. The Hall–Kier alpha value is -3.33. The van der Waals surface area contributed by atoms with E-state index in [1.807, 2.05) is 30.5 Å². The molecule has 3 aromatic rings. The number of hydrogen-bond donors (Lipinski definition) is 3. The molecule has 145 valence electrons. The zero-order valence-corrected chi connectivity index (χ0v) is 16.6. The van der Waals surface area contributed by atoms with Crippen LogP contribution in [0.25, 0.3) is 10.9 Å². The molecule has 0 saturated heterocycles. The summed E-state index contributed by atoms with van der Waals surface area (Å²) < 4.78 is 2.69. The number of rotatable bonds is 2. The van der Waals surface area contributed by atoms with E-state index in [2.05, 4.69) is 35.1 Å².